The molecule has 3 aromatic carbocycles. The van der Waals surface area contributed by atoms with Gasteiger partial charge in [-0.2, -0.15) is 4.99 Å². The van der Waals surface area contributed by atoms with Crippen molar-refractivity contribution in [2.45, 2.75) is 26.8 Å². The van der Waals surface area contributed by atoms with E-state index in [9.17, 15) is 19.2 Å². The molecule has 0 aliphatic carbocycles. The normalized spacial score (nSPS) is 14.1. The number of rotatable bonds is 15. The van der Waals surface area contributed by atoms with E-state index >= 15 is 0 Å². The Morgan fingerprint density at radius 1 is 1.00 bits per heavy atom. The van der Waals surface area contributed by atoms with Gasteiger partial charge in [-0.1, -0.05) is 97.2 Å². The summed E-state index contributed by atoms with van der Waals surface area (Å²) in [5, 5.41) is 3.15. The molecule has 264 valence electrons. The van der Waals surface area contributed by atoms with E-state index in [-0.39, 0.29) is 35.6 Å². The van der Waals surface area contributed by atoms with Crippen LogP contribution in [0.4, 0.5) is 0 Å². The monoisotopic (exact) mass is 819 g/mol. The molecule has 1 N–H and O–H groups in total. The van der Waals surface area contributed by atoms with Crippen molar-refractivity contribution in [1.82, 2.24) is 10.2 Å². The summed E-state index contributed by atoms with van der Waals surface area (Å²) in [6.07, 6.45) is 8.03. The molecule has 0 saturated heterocycles. The second kappa shape index (κ2) is 19.4. The number of halogens is 1. The summed E-state index contributed by atoms with van der Waals surface area (Å²) in [5.41, 5.74) is 2.53. The second-order valence-electron chi connectivity index (χ2n) is 10.7. The lowest BCUT2D eigenvalue weighted by atomic mass is 9.99. The molecule has 10 nitrogen and oxygen atoms in total. The quantitative estimate of drug-likeness (QED) is 0.0571. The second-order valence-corrected chi connectivity index (χ2v) is 12.8. The number of hydrogen-bond donors (Lipinski definition) is 1. The molecule has 0 atom stereocenters. The molecule has 0 bridgehead atoms. The molecule has 0 radical (unpaired) electrons. The number of hydrogen-bond acceptors (Lipinski definition) is 8. The number of esters is 1. The third-order valence-electron chi connectivity index (χ3n) is 7.20. The fraction of sp³-hybridized carbons (Fsp3) is 0.205. The summed E-state index contributed by atoms with van der Waals surface area (Å²) in [5.74, 6) is -1.68. The number of benzene rings is 3. The van der Waals surface area contributed by atoms with Gasteiger partial charge in [0.2, 0.25) is 5.91 Å². The number of carbonyl (C=O) groups excluding carboxylic acids is 4. The smallest absolute Gasteiger partial charge is 0.344 e. The molecular weight excluding hydrogens is 781 g/mol. The van der Waals surface area contributed by atoms with Crippen molar-refractivity contribution in [3.05, 3.63) is 135 Å². The van der Waals surface area contributed by atoms with Gasteiger partial charge >= 0.3 is 5.97 Å². The first-order valence-electron chi connectivity index (χ1n) is 16.1. The standard InChI is InChI=1S/C39H38IN3O7S/c1-5-9-20-29(6-2)43-38(47)30(21-26-22-31(40)36(32(23-26)48-7-3)50-24-34(45)49-8-4)37(46)42-39(43)51-25-33(44)41-35(27-16-12-10-13-17-27)28-18-14-11-15-19-28/h5-6,9-23,35H,1,7-8,24-25H2,2-4H3,(H,41,44)/b20-9-,29-6+,30-21+. The van der Waals surface area contributed by atoms with Crippen LogP contribution >= 0.6 is 34.4 Å². The van der Waals surface area contributed by atoms with Crippen LogP contribution in [0.15, 0.2) is 120 Å². The Morgan fingerprint density at radius 2 is 1.67 bits per heavy atom. The summed E-state index contributed by atoms with van der Waals surface area (Å²) in [6.45, 7) is 9.18. The van der Waals surface area contributed by atoms with Crippen LogP contribution in [-0.2, 0) is 23.9 Å². The third-order valence-corrected chi connectivity index (χ3v) is 8.94. The van der Waals surface area contributed by atoms with E-state index in [1.165, 1.54) is 11.0 Å². The molecule has 3 amide bonds. The van der Waals surface area contributed by atoms with E-state index in [0.29, 0.717) is 32.9 Å². The number of amidine groups is 1. The number of carbonyl (C=O) groups is 4. The largest absolute Gasteiger partial charge is 0.490 e. The van der Waals surface area contributed by atoms with Crippen LogP contribution in [0.25, 0.3) is 6.08 Å². The van der Waals surface area contributed by atoms with E-state index in [0.717, 1.165) is 22.9 Å². The topological polar surface area (TPSA) is 124 Å². The van der Waals surface area contributed by atoms with Crippen LogP contribution in [-0.4, -0.2) is 59.3 Å². The highest BCUT2D eigenvalue weighted by Crippen LogP contribution is 2.36. The van der Waals surface area contributed by atoms with Gasteiger partial charge in [0.05, 0.1) is 28.6 Å². The molecule has 0 spiro atoms. The van der Waals surface area contributed by atoms with Crippen LogP contribution in [0.3, 0.4) is 0 Å². The fourth-order valence-corrected chi connectivity index (χ4v) is 6.56. The number of amides is 3. The average molecular weight is 820 g/mol. The van der Waals surface area contributed by atoms with E-state index in [1.54, 1.807) is 57.2 Å². The van der Waals surface area contributed by atoms with Gasteiger partial charge < -0.3 is 19.5 Å². The van der Waals surface area contributed by atoms with Crippen molar-refractivity contribution in [2.24, 2.45) is 4.99 Å². The van der Waals surface area contributed by atoms with Crippen molar-refractivity contribution >= 4 is 69.3 Å². The van der Waals surface area contributed by atoms with Gasteiger partial charge in [0, 0.05) is 5.70 Å². The Bertz CT molecular complexity index is 1830. The molecular formula is C39H38IN3O7S. The van der Waals surface area contributed by atoms with Crippen molar-refractivity contribution in [3.8, 4) is 11.5 Å². The zero-order valence-corrected chi connectivity index (χ0v) is 31.4. The van der Waals surface area contributed by atoms with Crippen LogP contribution in [0.1, 0.15) is 43.5 Å². The SMILES string of the molecule is C=C/C=C\C(=C/C)N1C(=O)/C(=C/c2cc(I)c(OCC(=O)OCC)c(OCC)c2)C(=O)N=C1SCC(=O)NC(c1ccccc1)c1ccccc1. The number of aliphatic imine (C=N–C) groups is 1. The molecule has 51 heavy (non-hydrogen) atoms. The van der Waals surface area contributed by atoms with Gasteiger partial charge in [0.1, 0.15) is 5.57 Å². The predicted octanol–water partition coefficient (Wildman–Crippen LogP) is 7.03. The minimum atomic E-state index is -0.760. The van der Waals surface area contributed by atoms with Gasteiger partial charge in [-0.3, -0.25) is 19.3 Å². The third kappa shape index (κ3) is 10.5. The Labute approximate surface area is 315 Å². The van der Waals surface area contributed by atoms with E-state index in [4.69, 9.17) is 14.2 Å². The van der Waals surface area contributed by atoms with E-state index < -0.39 is 23.8 Å². The summed E-state index contributed by atoms with van der Waals surface area (Å²) < 4.78 is 17.0. The van der Waals surface area contributed by atoms with Gasteiger partial charge in [-0.25, -0.2) is 4.79 Å². The number of ether oxygens (including phenoxy) is 3. The maximum atomic E-state index is 14.1. The minimum Gasteiger partial charge on any atom is -0.490 e. The maximum absolute atomic E-state index is 14.1. The molecule has 0 unspecified atom stereocenters. The molecule has 1 aliphatic rings. The Kier molecular flexibility index (Phi) is 14.8. The van der Waals surface area contributed by atoms with Crippen LogP contribution in [0, 0.1) is 3.57 Å². The number of nitrogens with zero attached hydrogens (tertiary/aromatic N) is 2. The zero-order valence-electron chi connectivity index (χ0n) is 28.5. The first-order valence-corrected chi connectivity index (χ1v) is 18.2. The predicted molar refractivity (Wildman–Crippen MR) is 208 cm³/mol. The van der Waals surface area contributed by atoms with Gasteiger partial charge in [0.25, 0.3) is 11.8 Å². The molecule has 1 heterocycles. The fourth-order valence-electron chi connectivity index (χ4n) is 4.97. The van der Waals surface area contributed by atoms with Gasteiger partial charge in [0.15, 0.2) is 23.3 Å². The highest BCUT2D eigenvalue weighted by atomic mass is 127. The highest BCUT2D eigenvalue weighted by Gasteiger charge is 2.35. The number of thioether (sulfide) groups is 1. The lowest BCUT2D eigenvalue weighted by molar-refractivity contribution is -0.145. The van der Waals surface area contributed by atoms with Crippen molar-refractivity contribution in [3.63, 3.8) is 0 Å². The van der Waals surface area contributed by atoms with Crippen LogP contribution in [0.2, 0.25) is 0 Å². The van der Waals surface area contributed by atoms with E-state index in [2.05, 4.69) is 16.9 Å². The molecule has 0 fully saturated rings. The summed E-state index contributed by atoms with van der Waals surface area (Å²) in [7, 11) is 0. The molecule has 1 aliphatic heterocycles. The first kappa shape index (κ1) is 38.8. The first-order chi connectivity index (χ1) is 24.7. The number of allylic oxidation sites excluding steroid dienone is 4. The molecule has 4 rings (SSSR count). The lowest BCUT2D eigenvalue weighted by Crippen LogP contribution is -2.42. The molecule has 0 saturated carbocycles. The Hall–Kier alpha value is -4.95. The maximum Gasteiger partial charge on any atom is 0.344 e. The van der Waals surface area contributed by atoms with Crippen LogP contribution < -0.4 is 14.8 Å². The zero-order chi connectivity index (χ0) is 36.8. The van der Waals surface area contributed by atoms with Crippen molar-refractivity contribution < 1.29 is 33.4 Å². The Balaban J connectivity index is 1.64. The summed E-state index contributed by atoms with van der Waals surface area (Å²) >= 11 is 3.02. The minimum absolute atomic E-state index is 0.0578. The van der Waals surface area contributed by atoms with Gasteiger partial charge in [-0.05, 0) is 84.3 Å². The number of nitrogens with one attached hydrogen (secondary N) is 1. The summed E-state index contributed by atoms with van der Waals surface area (Å²) in [4.78, 5) is 58.6. The van der Waals surface area contributed by atoms with Gasteiger partial charge in [-0.15, -0.1) is 0 Å². The Morgan fingerprint density at radius 3 is 2.25 bits per heavy atom. The lowest BCUT2D eigenvalue weighted by Gasteiger charge is -2.28. The molecule has 0 aromatic heterocycles. The highest BCUT2D eigenvalue weighted by molar-refractivity contribution is 14.1. The van der Waals surface area contributed by atoms with E-state index in [1.807, 2.05) is 83.3 Å². The summed E-state index contributed by atoms with van der Waals surface area (Å²) in [6, 6.07) is 22.1. The average Bonchev–Trinajstić information content (AvgIpc) is 3.13. The molecule has 12 heteroatoms. The molecule has 3 aromatic rings. The van der Waals surface area contributed by atoms with Crippen molar-refractivity contribution in [2.75, 3.05) is 25.6 Å². The van der Waals surface area contributed by atoms with Crippen molar-refractivity contribution in [1.29, 1.82) is 0 Å². The van der Waals surface area contributed by atoms with Crippen LogP contribution in [0.5, 0.6) is 11.5 Å².